The van der Waals surface area contributed by atoms with Crippen molar-refractivity contribution in [3.8, 4) is 0 Å². The van der Waals surface area contributed by atoms with Gasteiger partial charge in [0, 0.05) is 5.39 Å². The summed E-state index contributed by atoms with van der Waals surface area (Å²) in [6.45, 7) is 3.27. The molecule has 0 radical (unpaired) electrons. The summed E-state index contributed by atoms with van der Waals surface area (Å²) < 4.78 is 7.20. The van der Waals surface area contributed by atoms with E-state index in [1.807, 2.05) is 6.07 Å². The Morgan fingerprint density at radius 2 is 2.14 bits per heavy atom. The van der Waals surface area contributed by atoms with E-state index in [4.69, 9.17) is 4.42 Å². The number of rotatable bonds is 6. The number of hydrogen-bond donors (Lipinski definition) is 1. The molecule has 0 saturated heterocycles. The molecular weight excluding hydrogens is 326 g/mol. The first-order valence-corrected chi connectivity index (χ1v) is 8.98. The van der Waals surface area contributed by atoms with Gasteiger partial charge in [0.15, 0.2) is 0 Å². The van der Waals surface area contributed by atoms with Crippen LogP contribution in [0.4, 0.5) is 0 Å². The minimum absolute atomic E-state index is 0.354. The lowest BCUT2D eigenvalue weighted by atomic mass is 9.96. The second-order valence-corrected chi connectivity index (χ2v) is 7.05. The van der Waals surface area contributed by atoms with Crippen LogP contribution in [-0.4, -0.2) is 6.54 Å². The zero-order valence-electron chi connectivity index (χ0n) is 12.7. The van der Waals surface area contributed by atoms with Crippen molar-refractivity contribution in [1.82, 2.24) is 5.32 Å². The molecule has 1 N–H and O–H groups in total. The van der Waals surface area contributed by atoms with E-state index in [0.717, 1.165) is 34.7 Å². The highest BCUT2D eigenvalue weighted by molar-refractivity contribution is 9.10. The Morgan fingerprint density at radius 3 is 2.86 bits per heavy atom. The van der Waals surface area contributed by atoms with E-state index in [2.05, 4.69) is 46.4 Å². The molecule has 0 aliphatic heterocycles. The Hall–Kier alpha value is -0.800. The van der Waals surface area contributed by atoms with Crippen molar-refractivity contribution >= 4 is 26.9 Å². The minimum atomic E-state index is 0.354. The topological polar surface area (TPSA) is 25.2 Å². The molecule has 1 atom stereocenters. The van der Waals surface area contributed by atoms with Crippen LogP contribution in [0, 0.1) is 5.92 Å². The molecule has 1 unspecified atom stereocenters. The lowest BCUT2D eigenvalue weighted by molar-refractivity contribution is 0.350. The number of halogens is 1. The molecule has 0 amide bonds. The molecule has 1 aromatic carbocycles. The Balaban J connectivity index is 1.83. The highest BCUT2D eigenvalue weighted by Crippen LogP contribution is 2.36. The normalized spacial score (nSPS) is 17.6. The maximum absolute atomic E-state index is 6.16. The number of nitrogens with one attached hydrogen (secondary N) is 1. The fourth-order valence-corrected chi connectivity index (χ4v) is 3.88. The molecule has 1 aromatic heterocycles. The van der Waals surface area contributed by atoms with E-state index in [1.165, 1.54) is 37.5 Å². The SMILES string of the molecule is CCCNC(CC1CCCC1)c1cc2cccc(Br)c2o1. The van der Waals surface area contributed by atoms with Crippen molar-refractivity contribution in [2.45, 2.75) is 51.5 Å². The highest BCUT2D eigenvalue weighted by Gasteiger charge is 2.23. The first kappa shape index (κ1) is 15.1. The summed E-state index contributed by atoms with van der Waals surface area (Å²) in [6.07, 6.45) is 7.93. The third kappa shape index (κ3) is 3.51. The molecule has 2 aromatic rings. The van der Waals surface area contributed by atoms with Gasteiger partial charge in [0.2, 0.25) is 0 Å². The zero-order valence-corrected chi connectivity index (χ0v) is 14.3. The lowest BCUT2D eigenvalue weighted by Gasteiger charge is -2.20. The summed E-state index contributed by atoms with van der Waals surface area (Å²) in [5.41, 5.74) is 0.974. The maximum Gasteiger partial charge on any atom is 0.148 e. The van der Waals surface area contributed by atoms with E-state index in [9.17, 15) is 0 Å². The van der Waals surface area contributed by atoms with Gasteiger partial charge in [-0.05, 0) is 53.4 Å². The van der Waals surface area contributed by atoms with Crippen molar-refractivity contribution in [3.63, 3.8) is 0 Å². The fraction of sp³-hybridized carbons (Fsp3) is 0.556. The minimum Gasteiger partial charge on any atom is -0.458 e. The monoisotopic (exact) mass is 349 g/mol. The Kier molecular flexibility index (Phi) is 5.02. The largest absolute Gasteiger partial charge is 0.458 e. The summed E-state index contributed by atoms with van der Waals surface area (Å²) in [5, 5.41) is 4.87. The average molecular weight is 350 g/mol. The molecule has 0 spiro atoms. The van der Waals surface area contributed by atoms with Crippen molar-refractivity contribution in [3.05, 3.63) is 34.5 Å². The van der Waals surface area contributed by atoms with Gasteiger partial charge in [0.1, 0.15) is 11.3 Å². The lowest BCUT2D eigenvalue weighted by Crippen LogP contribution is -2.23. The Bertz CT molecular complexity index is 586. The standard InChI is InChI=1S/C18H24BrNO/c1-2-10-20-16(11-13-6-3-4-7-13)17-12-14-8-5-9-15(19)18(14)21-17/h5,8-9,12-13,16,20H,2-4,6-7,10-11H2,1H3. The van der Waals surface area contributed by atoms with E-state index in [0.29, 0.717) is 6.04 Å². The van der Waals surface area contributed by atoms with Crippen LogP contribution in [0.15, 0.2) is 33.2 Å². The van der Waals surface area contributed by atoms with Crippen LogP contribution in [0.2, 0.25) is 0 Å². The van der Waals surface area contributed by atoms with E-state index >= 15 is 0 Å². The van der Waals surface area contributed by atoms with E-state index in [1.54, 1.807) is 0 Å². The maximum atomic E-state index is 6.16. The molecule has 3 rings (SSSR count). The second-order valence-electron chi connectivity index (χ2n) is 6.20. The summed E-state index contributed by atoms with van der Waals surface area (Å²) in [6, 6.07) is 8.80. The Labute approximate surface area is 135 Å². The van der Waals surface area contributed by atoms with E-state index < -0.39 is 0 Å². The number of fused-ring (bicyclic) bond motifs is 1. The zero-order chi connectivity index (χ0) is 14.7. The number of furan rings is 1. The van der Waals surface area contributed by atoms with E-state index in [-0.39, 0.29) is 0 Å². The number of para-hydroxylation sites is 1. The predicted octanol–water partition coefficient (Wildman–Crippen LogP) is 5.82. The second kappa shape index (κ2) is 6.97. The molecule has 2 nitrogen and oxygen atoms in total. The van der Waals surface area contributed by atoms with Gasteiger partial charge < -0.3 is 9.73 Å². The molecule has 1 heterocycles. The van der Waals surface area contributed by atoms with Crippen molar-refractivity contribution in [1.29, 1.82) is 0 Å². The van der Waals surface area contributed by atoms with Crippen LogP contribution in [0.5, 0.6) is 0 Å². The third-order valence-electron chi connectivity index (χ3n) is 4.54. The van der Waals surface area contributed by atoms with Crippen LogP contribution in [0.3, 0.4) is 0 Å². The van der Waals surface area contributed by atoms with Gasteiger partial charge in [-0.3, -0.25) is 0 Å². The third-order valence-corrected chi connectivity index (χ3v) is 5.17. The molecule has 1 fully saturated rings. The molecule has 1 saturated carbocycles. The molecule has 0 bridgehead atoms. The van der Waals surface area contributed by atoms with Gasteiger partial charge in [0.25, 0.3) is 0 Å². The summed E-state index contributed by atoms with van der Waals surface area (Å²) >= 11 is 3.59. The van der Waals surface area contributed by atoms with Crippen LogP contribution in [-0.2, 0) is 0 Å². The predicted molar refractivity (Wildman–Crippen MR) is 91.5 cm³/mol. The average Bonchev–Trinajstić information content (AvgIpc) is 3.13. The highest BCUT2D eigenvalue weighted by atomic mass is 79.9. The molecule has 1 aliphatic rings. The van der Waals surface area contributed by atoms with Gasteiger partial charge in [-0.2, -0.15) is 0 Å². The fourth-order valence-electron chi connectivity index (χ4n) is 3.42. The molecular formula is C18H24BrNO. The van der Waals surface area contributed by atoms with Crippen molar-refractivity contribution in [2.75, 3.05) is 6.54 Å². The summed E-state index contributed by atoms with van der Waals surface area (Å²) in [4.78, 5) is 0. The number of benzene rings is 1. The van der Waals surface area contributed by atoms with Crippen LogP contribution in [0.1, 0.15) is 57.3 Å². The summed E-state index contributed by atoms with van der Waals surface area (Å²) in [5.74, 6) is 1.95. The molecule has 1 aliphatic carbocycles. The first-order valence-electron chi connectivity index (χ1n) is 8.19. The van der Waals surface area contributed by atoms with Gasteiger partial charge in [-0.1, -0.05) is 44.7 Å². The van der Waals surface area contributed by atoms with Gasteiger partial charge >= 0.3 is 0 Å². The summed E-state index contributed by atoms with van der Waals surface area (Å²) in [7, 11) is 0. The Morgan fingerprint density at radius 1 is 1.33 bits per heavy atom. The number of hydrogen-bond acceptors (Lipinski definition) is 2. The molecule has 114 valence electrons. The van der Waals surface area contributed by atoms with Crippen molar-refractivity contribution < 1.29 is 4.42 Å². The molecule has 3 heteroatoms. The van der Waals surface area contributed by atoms with Crippen LogP contribution >= 0.6 is 15.9 Å². The van der Waals surface area contributed by atoms with Crippen LogP contribution < -0.4 is 5.32 Å². The quantitative estimate of drug-likeness (QED) is 0.710. The van der Waals surface area contributed by atoms with Crippen LogP contribution in [0.25, 0.3) is 11.0 Å². The van der Waals surface area contributed by atoms with Gasteiger partial charge in [-0.15, -0.1) is 0 Å². The first-order chi connectivity index (χ1) is 10.3. The van der Waals surface area contributed by atoms with Gasteiger partial charge in [0.05, 0.1) is 10.5 Å². The van der Waals surface area contributed by atoms with Crippen molar-refractivity contribution in [2.24, 2.45) is 5.92 Å². The molecule has 21 heavy (non-hydrogen) atoms. The van der Waals surface area contributed by atoms with Gasteiger partial charge in [-0.25, -0.2) is 0 Å². The smallest absolute Gasteiger partial charge is 0.148 e.